The summed E-state index contributed by atoms with van der Waals surface area (Å²) in [5.41, 5.74) is 5.38. The topological polar surface area (TPSA) is 142 Å². The molecule has 0 aliphatic carbocycles. The maximum atomic E-state index is 14.1. The van der Waals surface area contributed by atoms with E-state index in [1.807, 2.05) is 40.1 Å². The van der Waals surface area contributed by atoms with Crippen LogP contribution in [-0.2, 0) is 44.9 Å². The average Bonchev–Trinajstić information content (AvgIpc) is 4.21. The lowest BCUT2D eigenvalue weighted by molar-refractivity contribution is -0.142. The first-order chi connectivity index (χ1) is 37.3. The molecule has 0 radical (unpaired) electrons. The van der Waals surface area contributed by atoms with Crippen LogP contribution in [-0.4, -0.2) is 118 Å². The molecule has 4 fully saturated rings. The third-order valence-electron chi connectivity index (χ3n) is 16.3. The van der Waals surface area contributed by atoms with Gasteiger partial charge in [-0.15, -0.1) is 5.10 Å². The van der Waals surface area contributed by atoms with Crippen LogP contribution in [0.5, 0.6) is 0 Å². The van der Waals surface area contributed by atoms with Gasteiger partial charge in [0.05, 0.1) is 56.0 Å². The van der Waals surface area contributed by atoms with Crippen molar-refractivity contribution in [1.82, 2.24) is 19.6 Å². The van der Waals surface area contributed by atoms with Gasteiger partial charge in [-0.05, 0) is 147 Å². The molecule has 12 nitrogen and oxygen atoms in total. The van der Waals surface area contributed by atoms with Gasteiger partial charge in [0.15, 0.2) is 11.6 Å². The predicted molar refractivity (Wildman–Crippen MR) is 307 cm³/mol. The number of carbonyl (C=O) groups is 4. The third-order valence-corrected chi connectivity index (χ3v) is 17.8. The molecule has 5 aliphatic rings. The van der Waals surface area contributed by atoms with Crippen molar-refractivity contribution in [2.24, 2.45) is 27.3 Å². The zero-order chi connectivity index (χ0) is 54.4. The first-order valence-corrected chi connectivity index (χ1v) is 29.2. The molecule has 4 aromatic carbocycles. The summed E-state index contributed by atoms with van der Waals surface area (Å²) in [7, 11) is 0. The van der Waals surface area contributed by atoms with E-state index in [2.05, 4.69) is 93.7 Å². The number of amides is 2. The Balaban J connectivity index is 0.000000204. The van der Waals surface area contributed by atoms with Crippen molar-refractivity contribution in [3.8, 4) is 6.07 Å². The van der Waals surface area contributed by atoms with E-state index in [1.54, 1.807) is 18.2 Å². The van der Waals surface area contributed by atoms with Crippen molar-refractivity contribution < 1.29 is 19.2 Å². The first-order valence-electron chi connectivity index (χ1n) is 27.7. The van der Waals surface area contributed by atoms with Crippen molar-refractivity contribution in [2.75, 3.05) is 32.7 Å². The van der Waals surface area contributed by atoms with E-state index < -0.39 is 12.1 Å². The lowest BCUT2D eigenvalue weighted by atomic mass is 9.96. The van der Waals surface area contributed by atoms with Crippen molar-refractivity contribution in [3.63, 3.8) is 0 Å². The fraction of sp³-hybridized carbons (Fsp3) is 0.508. The highest BCUT2D eigenvalue weighted by Crippen LogP contribution is 2.36. The van der Waals surface area contributed by atoms with E-state index in [1.165, 1.54) is 11.1 Å². The maximum absolute atomic E-state index is 14.1. The van der Waals surface area contributed by atoms with Crippen LogP contribution in [0.2, 0.25) is 20.1 Å². The fourth-order valence-electron chi connectivity index (χ4n) is 12.3. The van der Waals surface area contributed by atoms with Crippen LogP contribution in [0.4, 0.5) is 0 Å². The quantitative estimate of drug-likeness (QED) is 0.0808. The molecule has 16 heteroatoms. The van der Waals surface area contributed by atoms with Crippen LogP contribution in [0.1, 0.15) is 113 Å². The number of rotatable bonds is 21. The summed E-state index contributed by atoms with van der Waals surface area (Å²) >= 11 is 24.5. The molecule has 0 bridgehead atoms. The lowest BCUT2D eigenvalue weighted by Gasteiger charge is -2.32. The van der Waals surface area contributed by atoms with E-state index in [9.17, 15) is 24.4 Å². The SMILES string of the molecule is C[C@@H]1C[C@H]2C(=O)N([C@H](CCC#N)C(=O)CCc3ccc(Cl)c(Cl)c3)CCC(CCc3ccccc3)N2C1.C[C@@H]1C[C@H]2C(=O)N([C@H](CCC3=NN=NC3)C(=O)CCc3ccc(Cl)c(Cl)c3)CCC(CCc3ccccc3)N2C1. The number of ketones is 2. The molecule has 77 heavy (non-hydrogen) atoms. The van der Waals surface area contributed by atoms with Gasteiger partial charge < -0.3 is 9.80 Å². The molecule has 2 unspecified atom stereocenters. The second-order valence-electron chi connectivity index (χ2n) is 21.9. The highest BCUT2D eigenvalue weighted by molar-refractivity contribution is 6.42. The Morgan fingerprint density at radius 1 is 0.610 bits per heavy atom. The highest BCUT2D eigenvalue weighted by atomic mass is 35.5. The highest BCUT2D eigenvalue weighted by Gasteiger charge is 2.47. The zero-order valence-electron chi connectivity index (χ0n) is 44.4. The van der Waals surface area contributed by atoms with Crippen molar-refractivity contribution >= 4 is 75.5 Å². The largest absolute Gasteiger partial charge is 0.331 e. The summed E-state index contributed by atoms with van der Waals surface area (Å²) < 4.78 is 0. The van der Waals surface area contributed by atoms with Gasteiger partial charge >= 0.3 is 0 Å². The molecule has 0 aromatic heterocycles. The average molecular weight is 1120 g/mol. The molecule has 4 aromatic rings. The van der Waals surface area contributed by atoms with Gasteiger partial charge in [-0.2, -0.15) is 10.4 Å². The summed E-state index contributed by atoms with van der Waals surface area (Å²) in [4.78, 5) is 63.9. The number of hydrogen-bond acceptors (Lipinski definition) is 10. The number of carbonyl (C=O) groups excluding carboxylic acids is 4. The van der Waals surface area contributed by atoms with Gasteiger partial charge in [0, 0.05) is 57.5 Å². The number of fused-ring (bicyclic) bond motifs is 2. The molecule has 5 aliphatic heterocycles. The van der Waals surface area contributed by atoms with Gasteiger partial charge in [0.25, 0.3) is 0 Å². The Hall–Kier alpha value is -5.00. The van der Waals surface area contributed by atoms with Gasteiger partial charge in [0.2, 0.25) is 11.8 Å². The number of benzene rings is 4. The molecule has 5 heterocycles. The van der Waals surface area contributed by atoms with Crippen molar-refractivity contribution in [1.29, 1.82) is 5.26 Å². The minimum Gasteiger partial charge on any atom is -0.331 e. The maximum Gasteiger partial charge on any atom is 0.240 e. The number of hydrogen-bond donors (Lipinski definition) is 0. The summed E-state index contributed by atoms with van der Waals surface area (Å²) in [5, 5.41) is 23.0. The van der Waals surface area contributed by atoms with E-state index in [4.69, 9.17) is 46.4 Å². The van der Waals surface area contributed by atoms with Crippen molar-refractivity contribution in [2.45, 2.75) is 153 Å². The Bertz CT molecular complexity index is 2770. The second kappa shape index (κ2) is 28.2. The van der Waals surface area contributed by atoms with Crippen molar-refractivity contribution in [3.05, 3.63) is 139 Å². The lowest BCUT2D eigenvalue weighted by Crippen LogP contribution is -2.50. The van der Waals surface area contributed by atoms with E-state index >= 15 is 0 Å². The molecule has 0 saturated carbocycles. The third kappa shape index (κ3) is 15.6. The smallest absolute Gasteiger partial charge is 0.240 e. The van der Waals surface area contributed by atoms with Gasteiger partial charge in [0.1, 0.15) is 6.54 Å². The summed E-state index contributed by atoms with van der Waals surface area (Å²) in [6.45, 7) is 7.88. The minimum absolute atomic E-state index is 0.00926. The molecule has 408 valence electrons. The Labute approximate surface area is 475 Å². The number of halogens is 4. The predicted octanol–water partition coefficient (Wildman–Crippen LogP) is 12.5. The molecule has 0 N–H and O–H groups in total. The van der Waals surface area contributed by atoms with Crippen LogP contribution in [0.15, 0.2) is 113 Å². The number of aryl methyl sites for hydroxylation is 4. The molecule has 2 amide bonds. The second-order valence-corrected chi connectivity index (χ2v) is 23.5. The van der Waals surface area contributed by atoms with Gasteiger partial charge in [-0.1, -0.05) is 133 Å². The monoisotopic (exact) mass is 1120 g/mol. The molecule has 0 spiro atoms. The summed E-state index contributed by atoms with van der Waals surface area (Å²) in [6.07, 6.45) is 10.7. The normalized spacial score (nSPS) is 23.3. The summed E-state index contributed by atoms with van der Waals surface area (Å²) in [5.74, 6) is 1.13. The minimum atomic E-state index is -0.569. The molecular weight excluding hydrogens is 1050 g/mol. The van der Waals surface area contributed by atoms with Crippen LogP contribution < -0.4 is 0 Å². The number of Topliss-reactive ketones (excluding diaryl/α,β-unsaturated/α-hetero) is 2. The number of nitrogens with zero attached hydrogens (tertiary/aromatic N) is 8. The molecule has 8 atom stereocenters. The van der Waals surface area contributed by atoms with Gasteiger partial charge in [-0.3, -0.25) is 29.0 Å². The Morgan fingerprint density at radius 2 is 1.08 bits per heavy atom. The number of nitriles is 1. The summed E-state index contributed by atoms with van der Waals surface area (Å²) in [6, 6.07) is 33.3. The zero-order valence-corrected chi connectivity index (χ0v) is 47.5. The molecule has 9 rings (SSSR count). The van der Waals surface area contributed by atoms with Crippen LogP contribution in [0, 0.1) is 23.2 Å². The van der Waals surface area contributed by atoms with E-state index in [0.717, 1.165) is 81.3 Å². The fourth-order valence-corrected chi connectivity index (χ4v) is 12.9. The standard InChI is InChI=1S/C31H37Cl2N5O2.C30H35Cl2N3O2/c1-21-17-29-31(40)37(16-15-25(38(29)20-21)11-7-22-5-3-2-4-6-22)28(13-10-24-19-34-36-35-24)30(39)14-9-23-8-12-26(32)27(33)18-23;1-21-18-28-30(37)34(17-15-24(35(28)20-21)12-9-22-6-3-2-4-7-22)27(8-5-16-33)29(36)14-11-23-10-13-25(31)26(32)19-23/h2-6,8,12,18,21,25,28-29H,7,9-11,13-17,19-20H2,1H3;2-4,6-7,10,13,19,21,24,27-28H,5,8-9,11-12,14-15,17-18,20H2,1H3/t21-,25?,28-,29+;21-,24?,27-,28+/m11/s1. The van der Waals surface area contributed by atoms with Gasteiger partial charge in [-0.25, -0.2) is 0 Å². The Morgan fingerprint density at radius 3 is 1.51 bits per heavy atom. The van der Waals surface area contributed by atoms with E-state index in [-0.39, 0.29) is 41.9 Å². The van der Waals surface area contributed by atoms with E-state index in [0.29, 0.717) is 109 Å². The molecule has 4 saturated heterocycles. The van der Waals surface area contributed by atoms with Crippen LogP contribution >= 0.6 is 46.4 Å². The Kier molecular flexibility index (Phi) is 21.3. The molecular formula is C61H72Cl4N8O4. The van der Waals surface area contributed by atoms with Crippen LogP contribution in [0.3, 0.4) is 0 Å². The van der Waals surface area contributed by atoms with Crippen LogP contribution in [0.25, 0.3) is 0 Å². The first kappa shape index (κ1) is 58.2.